The van der Waals surface area contributed by atoms with Crippen molar-refractivity contribution in [2.24, 2.45) is 5.41 Å². The average molecular weight is 522 g/mol. The first-order valence-electron chi connectivity index (χ1n) is 12.8. The standard InChI is InChI=1S/3C6H11NO2.C6H14O3/c3*8-6(9)2-5-7-3-1-4-7;1-2-6(3-7,4-8)5-9/h3*1-5H2,(H,8,9);7-9H,2-5H2,1H3. The van der Waals surface area contributed by atoms with Crippen LogP contribution in [0, 0.1) is 5.41 Å². The van der Waals surface area contributed by atoms with Gasteiger partial charge in [0.25, 0.3) is 0 Å². The fourth-order valence-corrected chi connectivity index (χ4v) is 3.06. The molecule has 3 aliphatic rings. The number of nitrogens with zero attached hydrogens (tertiary/aromatic N) is 3. The van der Waals surface area contributed by atoms with Gasteiger partial charge in [-0.25, -0.2) is 0 Å². The smallest absolute Gasteiger partial charge is 0.304 e. The molecule has 212 valence electrons. The highest BCUT2D eigenvalue weighted by Crippen LogP contribution is 2.18. The number of carbonyl (C=O) groups is 3. The number of hydrogen-bond donors (Lipinski definition) is 6. The van der Waals surface area contributed by atoms with Gasteiger partial charge in [-0.3, -0.25) is 14.4 Å². The molecule has 3 aliphatic heterocycles. The number of aliphatic carboxylic acids is 3. The van der Waals surface area contributed by atoms with E-state index in [4.69, 9.17) is 30.6 Å². The molecule has 0 aromatic heterocycles. The number of likely N-dealkylation sites (tertiary alicyclic amines) is 3. The van der Waals surface area contributed by atoms with E-state index in [0.717, 1.165) is 58.9 Å². The van der Waals surface area contributed by atoms with Crippen molar-refractivity contribution in [3.63, 3.8) is 0 Å². The molecule has 0 spiro atoms. The monoisotopic (exact) mass is 521 g/mol. The maximum atomic E-state index is 10.0. The van der Waals surface area contributed by atoms with E-state index in [2.05, 4.69) is 14.7 Å². The van der Waals surface area contributed by atoms with Crippen molar-refractivity contribution in [1.29, 1.82) is 0 Å². The Morgan fingerprint density at radius 2 is 0.833 bits per heavy atom. The van der Waals surface area contributed by atoms with E-state index < -0.39 is 23.3 Å². The van der Waals surface area contributed by atoms with Crippen LogP contribution in [0.2, 0.25) is 0 Å². The molecule has 36 heavy (non-hydrogen) atoms. The summed E-state index contributed by atoms with van der Waals surface area (Å²) in [6.07, 6.45) is 5.18. The van der Waals surface area contributed by atoms with Crippen LogP contribution in [-0.4, -0.2) is 142 Å². The summed E-state index contributed by atoms with van der Waals surface area (Å²) in [7, 11) is 0. The molecule has 0 amide bonds. The number of carboxylic acids is 3. The minimum Gasteiger partial charge on any atom is -0.481 e. The second-order valence-electron chi connectivity index (χ2n) is 9.34. The van der Waals surface area contributed by atoms with Gasteiger partial charge in [0, 0.05) is 25.0 Å². The van der Waals surface area contributed by atoms with Gasteiger partial charge in [0.2, 0.25) is 0 Å². The van der Waals surface area contributed by atoms with E-state index in [9.17, 15) is 14.4 Å². The van der Waals surface area contributed by atoms with E-state index in [-0.39, 0.29) is 19.8 Å². The van der Waals surface area contributed by atoms with Gasteiger partial charge in [-0.2, -0.15) is 0 Å². The van der Waals surface area contributed by atoms with E-state index in [1.807, 2.05) is 6.92 Å². The van der Waals surface area contributed by atoms with Gasteiger partial charge < -0.3 is 45.3 Å². The summed E-state index contributed by atoms with van der Waals surface area (Å²) in [5.74, 6) is -2.08. The predicted molar refractivity (Wildman–Crippen MR) is 134 cm³/mol. The fourth-order valence-electron chi connectivity index (χ4n) is 3.06. The third kappa shape index (κ3) is 16.8. The second kappa shape index (κ2) is 20.3. The summed E-state index contributed by atoms with van der Waals surface area (Å²) in [6.45, 7) is 10.1. The maximum Gasteiger partial charge on any atom is 0.304 e. The summed E-state index contributed by atoms with van der Waals surface area (Å²) in [4.78, 5) is 36.5. The van der Waals surface area contributed by atoms with Crippen LogP contribution in [0.15, 0.2) is 0 Å². The van der Waals surface area contributed by atoms with Crippen molar-refractivity contribution in [2.75, 3.05) is 78.7 Å². The number of rotatable bonds is 13. The van der Waals surface area contributed by atoms with Crippen LogP contribution in [0.3, 0.4) is 0 Å². The van der Waals surface area contributed by atoms with Crippen molar-refractivity contribution in [1.82, 2.24) is 14.7 Å². The van der Waals surface area contributed by atoms with Gasteiger partial charge in [-0.15, -0.1) is 0 Å². The number of aliphatic hydroxyl groups excluding tert-OH is 3. The Kier molecular flexibility index (Phi) is 19.2. The predicted octanol–water partition coefficient (Wildman–Crippen LogP) is -0.140. The zero-order valence-corrected chi connectivity index (χ0v) is 21.7. The van der Waals surface area contributed by atoms with Crippen molar-refractivity contribution < 1.29 is 45.0 Å². The van der Waals surface area contributed by atoms with E-state index in [0.29, 0.717) is 25.7 Å². The summed E-state index contributed by atoms with van der Waals surface area (Å²) in [5.41, 5.74) is -0.667. The normalized spacial score (nSPS) is 17.3. The summed E-state index contributed by atoms with van der Waals surface area (Å²) in [6, 6.07) is 0. The third-order valence-corrected chi connectivity index (χ3v) is 6.53. The molecule has 0 aliphatic carbocycles. The number of aliphatic hydroxyl groups is 3. The molecule has 0 saturated carbocycles. The number of hydrogen-bond acceptors (Lipinski definition) is 9. The summed E-state index contributed by atoms with van der Waals surface area (Å²) in [5, 5.41) is 50.7. The minimum atomic E-state index is -0.693. The van der Waals surface area contributed by atoms with E-state index >= 15 is 0 Å². The Morgan fingerprint density at radius 3 is 0.917 bits per heavy atom. The molecule has 0 atom stereocenters. The highest BCUT2D eigenvalue weighted by Gasteiger charge is 2.25. The lowest BCUT2D eigenvalue weighted by atomic mass is 9.88. The topological polar surface area (TPSA) is 182 Å². The zero-order valence-electron chi connectivity index (χ0n) is 21.7. The molecule has 3 rings (SSSR count). The number of carboxylic acid groups (broad SMARTS) is 3. The van der Waals surface area contributed by atoms with E-state index in [1.165, 1.54) is 19.3 Å². The zero-order chi connectivity index (χ0) is 27.4. The van der Waals surface area contributed by atoms with Crippen LogP contribution >= 0.6 is 0 Å². The Balaban J connectivity index is 0.000000454. The first-order valence-corrected chi connectivity index (χ1v) is 12.8. The largest absolute Gasteiger partial charge is 0.481 e. The van der Waals surface area contributed by atoms with Gasteiger partial charge in [0.05, 0.1) is 39.1 Å². The van der Waals surface area contributed by atoms with Crippen molar-refractivity contribution in [3.8, 4) is 0 Å². The second-order valence-corrected chi connectivity index (χ2v) is 9.34. The van der Waals surface area contributed by atoms with Crippen LogP contribution in [-0.2, 0) is 14.4 Å². The van der Waals surface area contributed by atoms with Gasteiger partial charge >= 0.3 is 17.9 Å². The van der Waals surface area contributed by atoms with Gasteiger partial charge in [-0.1, -0.05) is 6.92 Å². The van der Waals surface area contributed by atoms with Crippen LogP contribution in [0.1, 0.15) is 51.9 Å². The maximum absolute atomic E-state index is 10.0. The van der Waals surface area contributed by atoms with Crippen molar-refractivity contribution in [2.45, 2.75) is 51.9 Å². The van der Waals surface area contributed by atoms with Crippen molar-refractivity contribution in [3.05, 3.63) is 0 Å². The van der Waals surface area contributed by atoms with Gasteiger partial charge in [0.1, 0.15) is 0 Å². The Morgan fingerprint density at radius 1 is 0.583 bits per heavy atom. The molecule has 3 heterocycles. The van der Waals surface area contributed by atoms with Gasteiger partial charge in [-0.05, 0) is 65.0 Å². The molecule has 6 N–H and O–H groups in total. The lowest BCUT2D eigenvalue weighted by molar-refractivity contribution is -0.138. The SMILES string of the molecule is CCC(CO)(CO)CO.O=C(O)CCN1CCC1.O=C(O)CCN1CCC1.O=C(O)CCN1CCC1. The molecule has 0 bridgehead atoms. The van der Waals surface area contributed by atoms with Crippen molar-refractivity contribution >= 4 is 17.9 Å². The summed E-state index contributed by atoms with van der Waals surface area (Å²) < 4.78 is 0. The molecule has 0 radical (unpaired) electrons. The average Bonchev–Trinajstić information content (AvgIpc) is 2.73. The lowest BCUT2D eigenvalue weighted by Gasteiger charge is -2.29. The van der Waals surface area contributed by atoms with Crippen LogP contribution in [0.5, 0.6) is 0 Å². The first-order chi connectivity index (χ1) is 17.1. The molecule has 3 fully saturated rings. The molecule has 12 nitrogen and oxygen atoms in total. The lowest BCUT2D eigenvalue weighted by Crippen LogP contribution is -2.38. The van der Waals surface area contributed by atoms with Crippen LogP contribution in [0.25, 0.3) is 0 Å². The highest BCUT2D eigenvalue weighted by atomic mass is 16.4. The molecular formula is C24H47N3O9. The molecule has 0 aromatic carbocycles. The highest BCUT2D eigenvalue weighted by molar-refractivity contribution is 5.67. The first kappa shape index (κ1) is 34.2. The third-order valence-electron chi connectivity index (χ3n) is 6.53. The molecular weight excluding hydrogens is 474 g/mol. The molecule has 12 heteroatoms. The quantitative estimate of drug-likeness (QED) is 0.189. The Labute approximate surface area is 214 Å². The Bertz CT molecular complexity index is 522. The van der Waals surface area contributed by atoms with Gasteiger partial charge in [0.15, 0.2) is 0 Å². The Hall–Kier alpha value is -1.83. The fraction of sp³-hybridized carbons (Fsp3) is 0.875. The van der Waals surface area contributed by atoms with Crippen LogP contribution in [0.4, 0.5) is 0 Å². The molecule has 0 unspecified atom stereocenters. The minimum absolute atomic E-state index is 0.156. The van der Waals surface area contributed by atoms with Crippen LogP contribution < -0.4 is 0 Å². The molecule has 0 aromatic rings. The van der Waals surface area contributed by atoms with E-state index in [1.54, 1.807) is 0 Å². The molecule has 3 saturated heterocycles. The summed E-state index contributed by atoms with van der Waals surface area (Å²) >= 11 is 0.